The molecule has 21 heavy (non-hydrogen) atoms. The Labute approximate surface area is 135 Å². The van der Waals surface area contributed by atoms with Crippen molar-refractivity contribution in [1.29, 1.82) is 0 Å². The predicted octanol–water partition coefficient (Wildman–Crippen LogP) is 4.11. The molecule has 0 unspecified atom stereocenters. The second-order valence-corrected chi connectivity index (χ2v) is 5.96. The second-order valence-electron chi connectivity index (χ2n) is 5.14. The van der Waals surface area contributed by atoms with E-state index in [2.05, 4.69) is 10.6 Å². The van der Waals surface area contributed by atoms with Crippen molar-refractivity contribution in [3.63, 3.8) is 0 Å². The zero-order chi connectivity index (χ0) is 15.1. The van der Waals surface area contributed by atoms with Gasteiger partial charge in [0.05, 0.1) is 11.1 Å². The standard InChI is InChI=1S/C15H20ClFN2OS/c16-13-10-11(6-7-14(13)17)19-15(21)18-8-3-9-20-12-4-1-2-5-12/h6-7,10,12H,1-5,8-9H2,(H2,18,19,21). The first-order valence-electron chi connectivity index (χ1n) is 7.26. The molecule has 1 aliphatic rings. The molecular weight excluding hydrogens is 311 g/mol. The Bertz CT molecular complexity index is 481. The molecule has 0 spiro atoms. The van der Waals surface area contributed by atoms with Crippen LogP contribution in [0.15, 0.2) is 18.2 Å². The molecule has 0 aliphatic heterocycles. The highest BCUT2D eigenvalue weighted by Gasteiger charge is 2.14. The summed E-state index contributed by atoms with van der Waals surface area (Å²) >= 11 is 10.9. The van der Waals surface area contributed by atoms with Crippen LogP contribution in [-0.2, 0) is 4.74 Å². The first-order valence-corrected chi connectivity index (χ1v) is 8.05. The summed E-state index contributed by atoms with van der Waals surface area (Å²) in [5, 5.41) is 6.64. The van der Waals surface area contributed by atoms with Gasteiger partial charge in [0.2, 0.25) is 0 Å². The third kappa shape index (κ3) is 5.77. The van der Waals surface area contributed by atoms with Gasteiger partial charge in [0.15, 0.2) is 5.11 Å². The van der Waals surface area contributed by atoms with Gasteiger partial charge in [-0.05, 0) is 49.7 Å². The molecule has 1 aromatic carbocycles. The van der Waals surface area contributed by atoms with Crippen LogP contribution in [0.25, 0.3) is 0 Å². The molecule has 1 aromatic rings. The van der Waals surface area contributed by atoms with E-state index in [1.807, 2.05) is 0 Å². The molecule has 0 atom stereocenters. The quantitative estimate of drug-likeness (QED) is 0.607. The van der Waals surface area contributed by atoms with E-state index in [4.69, 9.17) is 28.6 Å². The van der Waals surface area contributed by atoms with E-state index in [-0.39, 0.29) is 5.02 Å². The molecule has 3 nitrogen and oxygen atoms in total. The van der Waals surface area contributed by atoms with E-state index in [0.29, 0.717) is 16.9 Å². The third-order valence-corrected chi connectivity index (χ3v) is 3.98. The summed E-state index contributed by atoms with van der Waals surface area (Å²) in [7, 11) is 0. The molecule has 0 aromatic heterocycles. The van der Waals surface area contributed by atoms with Crippen molar-refractivity contribution in [3.05, 3.63) is 29.0 Å². The molecule has 0 saturated heterocycles. The van der Waals surface area contributed by atoms with Crippen LogP contribution >= 0.6 is 23.8 Å². The monoisotopic (exact) mass is 330 g/mol. The lowest BCUT2D eigenvalue weighted by Crippen LogP contribution is -2.30. The van der Waals surface area contributed by atoms with Gasteiger partial charge < -0.3 is 15.4 Å². The lowest BCUT2D eigenvalue weighted by atomic mass is 10.3. The van der Waals surface area contributed by atoms with Gasteiger partial charge in [-0.15, -0.1) is 0 Å². The maximum atomic E-state index is 13.0. The largest absolute Gasteiger partial charge is 0.378 e. The van der Waals surface area contributed by atoms with Gasteiger partial charge in [0, 0.05) is 18.8 Å². The van der Waals surface area contributed by atoms with Crippen molar-refractivity contribution < 1.29 is 9.13 Å². The highest BCUT2D eigenvalue weighted by molar-refractivity contribution is 7.80. The second kappa shape index (κ2) is 8.51. The minimum atomic E-state index is -0.440. The minimum Gasteiger partial charge on any atom is -0.378 e. The number of thiocarbonyl (C=S) groups is 1. The Kier molecular flexibility index (Phi) is 6.67. The van der Waals surface area contributed by atoms with Gasteiger partial charge >= 0.3 is 0 Å². The lowest BCUT2D eigenvalue weighted by Gasteiger charge is -2.13. The molecule has 0 heterocycles. The van der Waals surface area contributed by atoms with Gasteiger partial charge in [-0.1, -0.05) is 24.4 Å². The number of anilines is 1. The topological polar surface area (TPSA) is 33.3 Å². The fourth-order valence-electron chi connectivity index (χ4n) is 2.33. The third-order valence-electron chi connectivity index (χ3n) is 3.44. The van der Waals surface area contributed by atoms with Crippen molar-refractivity contribution >= 4 is 34.6 Å². The fourth-order valence-corrected chi connectivity index (χ4v) is 2.73. The average Bonchev–Trinajstić information content (AvgIpc) is 2.96. The van der Waals surface area contributed by atoms with Gasteiger partial charge in [-0.3, -0.25) is 0 Å². The number of benzene rings is 1. The number of ether oxygens (including phenoxy) is 1. The summed E-state index contributed by atoms with van der Waals surface area (Å²) in [6, 6.07) is 4.41. The summed E-state index contributed by atoms with van der Waals surface area (Å²) in [6.45, 7) is 1.50. The smallest absolute Gasteiger partial charge is 0.170 e. The van der Waals surface area contributed by atoms with Crippen molar-refractivity contribution in [3.8, 4) is 0 Å². The normalized spacial score (nSPS) is 15.1. The molecule has 2 rings (SSSR count). The molecule has 0 amide bonds. The zero-order valence-electron chi connectivity index (χ0n) is 11.8. The molecular formula is C15H20ClFN2OS. The van der Waals surface area contributed by atoms with Crippen LogP contribution in [0.3, 0.4) is 0 Å². The molecule has 6 heteroatoms. The van der Waals surface area contributed by atoms with E-state index in [9.17, 15) is 4.39 Å². The van der Waals surface area contributed by atoms with Gasteiger partial charge in [-0.25, -0.2) is 4.39 Å². The van der Waals surface area contributed by atoms with Crippen LogP contribution in [0.4, 0.5) is 10.1 Å². The molecule has 0 bridgehead atoms. The van der Waals surface area contributed by atoms with Crippen LogP contribution in [0, 0.1) is 5.82 Å². The SMILES string of the molecule is Fc1ccc(NC(=S)NCCCOC2CCCC2)cc1Cl. The number of nitrogens with one attached hydrogen (secondary N) is 2. The molecule has 2 N–H and O–H groups in total. The summed E-state index contributed by atoms with van der Waals surface area (Å²) in [6.07, 6.45) is 6.32. The van der Waals surface area contributed by atoms with Crippen LogP contribution in [0.2, 0.25) is 5.02 Å². The minimum absolute atomic E-state index is 0.0766. The Morgan fingerprint density at radius 3 is 2.86 bits per heavy atom. The van der Waals surface area contributed by atoms with Gasteiger partial charge in [0.1, 0.15) is 5.82 Å². The highest BCUT2D eigenvalue weighted by atomic mass is 35.5. The fraction of sp³-hybridized carbons (Fsp3) is 0.533. The Balaban J connectivity index is 1.59. The molecule has 1 fully saturated rings. The van der Waals surface area contributed by atoms with E-state index >= 15 is 0 Å². The number of halogens is 2. The van der Waals surface area contributed by atoms with E-state index < -0.39 is 5.82 Å². The van der Waals surface area contributed by atoms with E-state index in [1.54, 1.807) is 6.07 Å². The number of hydrogen-bond donors (Lipinski definition) is 2. The lowest BCUT2D eigenvalue weighted by molar-refractivity contribution is 0.0574. The van der Waals surface area contributed by atoms with Crippen molar-refractivity contribution in [2.75, 3.05) is 18.5 Å². The summed E-state index contributed by atoms with van der Waals surface area (Å²) in [4.78, 5) is 0. The molecule has 1 saturated carbocycles. The van der Waals surface area contributed by atoms with E-state index in [1.165, 1.54) is 37.8 Å². The Hall–Kier alpha value is -0.910. The molecule has 116 valence electrons. The van der Waals surface area contributed by atoms with Crippen LogP contribution < -0.4 is 10.6 Å². The molecule has 0 radical (unpaired) electrons. The van der Waals surface area contributed by atoms with Crippen molar-refractivity contribution in [1.82, 2.24) is 5.32 Å². The molecule has 1 aliphatic carbocycles. The van der Waals surface area contributed by atoms with Crippen molar-refractivity contribution in [2.24, 2.45) is 0 Å². The highest BCUT2D eigenvalue weighted by Crippen LogP contribution is 2.21. The summed E-state index contributed by atoms with van der Waals surface area (Å²) < 4.78 is 18.8. The van der Waals surface area contributed by atoms with Gasteiger partial charge in [-0.2, -0.15) is 0 Å². The van der Waals surface area contributed by atoms with Gasteiger partial charge in [0.25, 0.3) is 0 Å². The first kappa shape index (κ1) is 16.5. The predicted molar refractivity (Wildman–Crippen MR) is 88.5 cm³/mol. The summed E-state index contributed by atoms with van der Waals surface area (Å²) in [5.41, 5.74) is 0.668. The van der Waals surface area contributed by atoms with Crippen LogP contribution in [0.5, 0.6) is 0 Å². The first-order chi connectivity index (χ1) is 10.1. The Morgan fingerprint density at radius 2 is 2.14 bits per heavy atom. The number of hydrogen-bond acceptors (Lipinski definition) is 2. The van der Waals surface area contributed by atoms with Crippen LogP contribution in [0.1, 0.15) is 32.1 Å². The summed E-state index contributed by atoms with van der Waals surface area (Å²) in [5.74, 6) is -0.440. The maximum absolute atomic E-state index is 13.0. The Morgan fingerprint density at radius 1 is 1.38 bits per heavy atom. The zero-order valence-corrected chi connectivity index (χ0v) is 13.4. The maximum Gasteiger partial charge on any atom is 0.170 e. The van der Waals surface area contributed by atoms with Crippen LogP contribution in [-0.4, -0.2) is 24.4 Å². The number of rotatable bonds is 6. The van der Waals surface area contributed by atoms with E-state index in [0.717, 1.165) is 19.6 Å². The average molecular weight is 331 g/mol. The van der Waals surface area contributed by atoms with Crippen molar-refractivity contribution in [2.45, 2.75) is 38.2 Å².